The topological polar surface area (TPSA) is 59.1 Å². The first-order valence-electron chi connectivity index (χ1n) is 9.91. The first-order valence-corrected chi connectivity index (χ1v) is 9.91. The molecule has 0 unspecified atom stereocenters. The average Bonchev–Trinajstić information content (AvgIpc) is 2.79. The van der Waals surface area contributed by atoms with Gasteiger partial charge in [-0.15, -0.1) is 0 Å². The van der Waals surface area contributed by atoms with Gasteiger partial charge in [-0.3, -0.25) is 9.59 Å². The van der Waals surface area contributed by atoms with E-state index in [2.05, 4.69) is 0 Å². The molecule has 0 aromatic heterocycles. The Kier molecular flexibility index (Phi) is 5.18. The summed E-state index contributed by atoms with van der Waals surface area (Å²) in [6, 6.07) is 15.1. The van der Waals surface area contributed by atoms with Crippen LogP contribution in [0, 0.1) is 5.41 Å². The maximum atomic E-state index is 12.9. The number of hydrogen-bond acceptors (Lipinski definition) is 4. The van der Waals surface area contributed by atoms with Crippen LogP contribution in [0.15, 0.2) is 48.5 Å². The van der Waals surface area contributed by atoms with Gasteiger partial charge >= 0.3 is 0 Å². The first kappa shape index (κ1) is 19.3. The summed E-state index contributed by atoms with van der Waals surface area (Å²) in [5.74, 6) is 1.58. The molecule has 2 aliphatic heterocycles. The third-order valence-corrected chi connectivity index (χ3v) is 6.11. The number of likely N-dealkylation sites (tertiary alicyclic amines) is 2. The van der Waals surface area contributed by atoms with Gasteiger partial charge in [-0.1, -0.05) is 24.3 Å². The molecule has 6 nitrogen and oxygen atoms in total. The van der Waals surface area contributed by atoms with E-state index < -0.39 is 0 Å². The number of para-hydroxylation sites is 1. The molecule has 6 heteroatoms. The maximum absolute atomic E-state index is 12.9. The van der Waals surface area contributed by atoms with Crippen molar-refractivity contribution in [3.8, 4) is 11.5 Å². The highest BCUT2D eigenvalue weighted by molar-refractivity contribution is 5.97. The Balaban J connectivity index is 1.35. The lowest BCUT2D eigenvalue weighted by atomic mass is 9.71. The Labute approximate surface area is 171 Å². The lowest BCUT2D eigenvalue weighted by Gasteiger charge is -2.52. The summed E-state index contributed by atoms with van der Waals surface area (Å²) in [5, 5.41) is 0. The van der Waals surface area contributed by atoms with E-state index in [-0.39, 0.29) is 17.2 Å². The summed E-state index contributed by atoms with van der Waals surface area (Å²) >= 11 is 0. The molecule has 1 spiro atoms. The second kappa shape index (κ2) is 7.78. The normalized spacial score (nSPS) is 17.8. The minimum atomic E-state index is -0.302. The summed E-state index contributed by atoms with van der Waals surface area (Å²) in [6.07, 6.45) is 1.43. The highest BCUT2D eigenvalue weighted by Gasteiger charge is 2.53. The van der Waals surface area contributed by atoms with Crippen molar-refractivity contribution in [1.29, 1.82) is 0 Å². The zero-order valence-corrected chi connectivity index (χ0v) is 16.9. The predicted molar refractivity (Wildman–Crippen MR) is 109 cm³/mol. The van der Waals surface area contributed by atoms with Crippen LogP contribution in [0.25, 0.3) is 0 Å². The Morgan fingerprint density at radius 1 is 1.00 bits per heavy atom. The highest BCUT2D eigenvalue weighted by atomic mass is 16.5. The summed E-state index contributed by atoms with van der Waals surface area (Å²) < 4.78 is 10.5. The lowest BCUT2D eigenvalue weighted by Crippen LogP contribution is -2.64. The van der Waals surface area contributed by atoms with Crippen LogP contribution in [0.1, 0.15) is 28.8 Å². The molecule has 4 rings (SSSR count). The maximum Gasteiger partial charge on any atom is 0.257 e. The van der Waals surface area contributed by atoms with Crippen LogP contribution in [-0.4, -0.2) is 55.5 Å². The SMILES string of the molecule is COc1ccc(CN2CC3(CCN(C(=O)c4ccccc4OC)CC3)C2=O)cc1. The van der Waals surface area contributed by atoms with Crippen molar-refractivity contribution < 1.29 is 19.1 Å². The monoisotopic (exact) mass is 394 g/mol. The standard InChI is InChI=1S/C23H26N2O4/c1-28-18-9-7-17(8-10-18)15-25-16-23(22(25)27)11-13-24(14-12-23)21(26)19-5-3-4-6-20(19)29-2/h3-10H,11-16H2,1-2H3. The molecule has 2 saturated heterocycles. The van der Waals surface area contributed by atoms with Crippen molar-refractivity contribution in [3.63, 3.8) is 0 Å². The molecule has 2 amide bonds. The van der Waals surface area contributed by atoms with Gasteiger partial charge in [0.15, 0.2) is 0 Å². The molecule has 2 aliphatic rings. The van der Waals surface area contributed by atoms with Gasteiger partial charge in [-0.25, -0.2) is 0 Å². The van der Waals surface area contributed by atoms with E-state index in [1.165, 1.54) is 0 Å². The predicted octanol–water partition coefficient (Wildman–Crippen LogP) is 2.97. The van der Waals surface area contributed by atoms with Crippen molar-refractivity contribution >= 4 is 11.8 Å². The highest BCUT2D eigenvalue weighted by Crippen LogP contribution is 2.42. The van der Waals surface area contributed by atoms with Gasteiger partial charge in [0.2, 0.25) is 5.91 Å². The quantitative estimate of drug-likeness (QED) is 0.732. The molecule has 29 heavy (non-hydrogen) atoms. The fraction of sp³-hybridized carbons (Fsp3) is 0.391. The van der Waals surface area contributed by atoms with Crippen molar-refractivity contribution in [2.24, 2.45) is 5.41 Å². The molecule has 0 N–H and O–H groups in total. The summed E-state index contributed by atoms with van der Waals surface area (Å²) in [7, 11) is 3.21. The van der Waals surface area contributed by atoms with E-state index in [1.807, 2.05) is 46.2 Å². The van der Waals surface area contributed by atoms with Gasteiger partial charge in [0, 0.05) is 26.2 Å². The molecule has 2 fully saturated rings. The Morgan fingerprint density at radius 2 is 1.69 bits per heavy atom. The molecular formula is C23H26N2O4. The average molecular weight is 394 g/mol. The largest absolute Gasteiger partial charge is 0.497 e. The minimum absolute atomic E-state index is 0.0286. The summed E-state index contributed by atoms with van der Waals surface area (Å²) in [6.45, 7) is 2.57. The van der Waals surface area contributed by atoms with Crippen molar-refractivity contribution in [1.82, 2.24) is 9.80 Å². The van der Waals surface area contributed by atoms with E-state index in [0.717, 1.165) is 17.9 Å². The molecule has 2 aromatic rings. The molecular weight excluding hydrogens is 368 g/mol. The van der Waals surface area contributed by atoms with Gasteiger partial charge in [0.25, 0.3) is 5.91 Å². The Morgan fingerprint density at radius 3 is 2.31 bits per heavy atom. The fourth-order valence-electron chi connectivity index (χ4n) is 4.33. The van der Waals surface area contributed by atoms with Crippen LogP contribution in [-0.2, 0) is 11.3 Å². The number of amides is 2. The number of carbonyl (C=O) groups excluding carboxylic acids is 2. The van der Waals surface area contributed by atoms with Crippen molar-refractivity contribution in [3.05, 3.63) is 59.7 Å². The molecule has 0 atom stereocenters. The number of benzene rings is 2. The second-order valence-corrected chi connectivity index (χ2v) is 7.78. The van der Waals surface area contributed by atoms with Gasteiger partial charge in [-0.2, -0.15) is 0 Å². The van der Waals surface area contributed by atoms with Gasteiger partial charge in [-0.05, 0) is 42.7 Å². The number of rotatable bonds is 5. The number of ether oxygens (including phenoxy) is 2. The third kappa shape index (κ3) is 3.55. The molecule has 2 heterocycles. The Hall–Kier alpha value is -3.02. The van der Waals surface area contributed by atoms with Gasteiger partial charge < -0.3 is 19.3 Å². The van der Waals surface area contributed by atoms with Crippen molar-refractivity contribution in [2.75, 3.05) is 33.9 Å². The number of methoxy groups -OCH3 is 2. The first-order chi connectivity index (χ1) is 14.1. The van der Waals surface area contributed by atoms with Crippen molar-refractivity contribution in [2.45, 2.75) is 19.4 Å². The molecule has 0 radical (unpaired) electrons. The second-order valence-electron chi connectivity index (χ2n) is 7.78. The molecule has 0 saturated carbocycles. The molecule has 152 valence electrons. The van der Waals surface area contributed by atoms with Crippen LogP contribution in [0.3, 0.4) is 0 Å². The Bertz CT molecular complexity index is 901. The van der Waals surface area contributed by atoms with Crippen LogP contribution >= 0.6 is 0 Å². The van der Waals surface area contributed by atoms with Crippen LogP contribution < -0.4 is 9.47 Å². The van der Waals surface area contributed by atoms with E-state index in [1.54, 1.807) is 26.4 Å². The summed E-state index contributed by atoms with van der Waals surface area (Å²) in [4.78, 5) is 29.5. The van der Waals surface area contributed by atoms with E-state index in [9.17, 15) is 9.59 Å². The third-order valence-electron chi connectivity index (χ3n) is 6.11. The number of carbonyl (C=O) groups is 2. The number of β-lactam (4-membered cyclic amide) rings is 1. The number of piperidine rings is 1. The molecule has 0 bridgehead atoms. The van der Waals surface area contributed by atoms with E-state index in [4.69, 9.17) is 9.47 Å². The lowest BCUT2D eigenvalue weighted by molar-refractivity contribution is -0.165. The molecule has 0 aliphatic carbocycles. The number of nitrogens with zero attached hydrogens (tertiary/aromatic N) is 2. The van der Waals surface area contributed by atoms with Gasteiger partial charge in [0.1, 0.15) is 11.5 Å². The zero-order chi connectivity index (χ0) is 20.4. The van der Waals surface area contributed by atoms with Crippen LogP contribution in [0.2, 0.25) is 0 Å². The van der Waals surface area contributed by atoms with E-state index in [0.29, 0.717) is 43.8 Å². The minimum Gasteiger partial charge on any atom is -0.497 e. The van der Waals surface area contributed by atoms with Crippen LogP contribution in [0.4, 0.5) is 0 Å². The summed E-state index contributed by atoms with van der Waals surface area (Å²) in [5.41, 5.74) is 1.37. The zero-order valence-electron chi connectivity index (χ0n) is 16.9. The molecule has 2 aromatic carbocycles. The van der Waals surface area contributed by atoms with Gasteiger partial charge in [0.05, 0.1) is 25.2 Å². The smallest absolute Gasteiger partial charge is 0.257 e. The van der Waals surface area contributed by atoms with Crippen LogP contribution in [0.5, 0.6) is 11.5 Å². The number of hydrogen-bond donors (Lipinski definition) is 0. The fourth-order valence-corrected chi connectivity index (χ4v) is 4.33. The van der Waals surface area contributed by atoms with E-state index >= 15 is 0 Å².